The van der Waals surface area contributed by atoms with Crippen LogP contribution >= 0.6 is 0 Å². The average molecular weight is 297 g/mol. The van der Waals surface area contributed by atoms with Gasteiger partial charge in [-0.3, -0.25) is 9.69 Å². The molecule has 1 aliphatic heterocycles. The highest BCUT2D eigenvalue weighted by atomic mass is 19.4. The topological polar surface area (TPSA) is 61.9 Å². The number of halogens is 3. The molecule has 20 heavy (non-hydrogen) atoms. The number of urea groups is 1. The quantitative estimate of drug-likeness (QED) is 0.765. The molecule has 0 atom stereocenters. The molecule has 0 saturated carbocycles. The van der Waals surface area contributed by atoms with E-state index >= 15 is 0 Å². The molecule has 116 valence electrons. The average Bonchev–Trinajstić information content (AvgIpc) is 2.41. The van der Waals surface area contributed by atoms with Crippen molar-refractivity contribution in [3.63, 3.8) is 0 Å². The van der Waals surface area contributed by atoms with E-state index in [-0.39, 0.29) is 12.4 Å². The van der Waals surface area contributed by atoms with E-state index in [1.807, 2.05) is 10.2 Å². The van der Waals surface area contributed by atoms with Gasteiger partial charge in [-0.15, -0.1) is 0 Å². The lowest BCUT2D eigenvalue weighted by Crippen LogP contribution is -2.53. The number of carbonyl (C=O) groups excluding carboxylic acids is 2. The molecule has 0 aromatic heterocycles. The van der Waals surface area contributed by atoms with Crippen LogP contribution in [0.1, 0.15) is 6.42 Å². The molecule has 2 amide bonds. The predicted octanol–water partition coefficient (Wildman–Crippen LogP) is 0.439. The minimum absolute atomic E-state index is 0.261. The standard InChI is InChI=1S/C11H18F3N3O3/c1-20-9(18)2-3-16-4-6-17(7-5-16)10(19)15-8-11(12,13)14/h2-8H2,1H3,(H,15,19). The normalized spacial score (nSPS) is 16.9. The maximum Gasteiger partial charge on any atom is 0.405 e. The number of hydrogen-bond acceptors (Lipinski definition) is 4. The number of esters is 1. The van der Waals surface area contributed by atoms with Crippen LogP contribution in [-0.4, -0.2) is 74.4 Å². The van der Waals surface area contributed by atoms with Gasteiger partial charge in [-0.1, -0.05) is 0 Å². The predicted molar refractivity (Wildman–Crippen MR) is 64.1 cm³/mol. The molecule has 0 unspecified atom stereocenters. The molecule has 1 aliphatic rings. The highest BCUT2D eigenvalue weighted by molar-refractivity contribution is 5.74. The minimum Gasteiger partial charge on any atom is -0.469 e. The number of amides is 2. The Morgan fingerprint density at radius 3 is 2.30 bits per heavy atom. The second-order valence-corrected chi connectivity index (χ2v) is 4.43. The van der Waals surface area contributed by atoms with E-state index in [1.54, 1.807) is 0 Å². The molecule has 1 saturated heterocycles. The molecule has 1 rings (SSSR count). The minimum atomic E-state index is -4.40. The zero-order valence-electron chi connectivity index (χ0n) is 11.2. The fourth-order valence-corrected chi connectivity index (χ4v) is 1.81. The summed E-state index contributed by atoms with van der Waals surface area (Å²) in [5.74, 6) is -0.310. The first kappa shape index (κ1) is 16.5. The molecule has 1 fully saturated rings. The molecule has 0 aromatic rings. The van der Waals surface area contributed by atoms with Crippen molar-refractivity contribution in [3.05, 3.63) is 0 Å². The van der Waals surface area contributed by atoms with Crippen molar-refractivity contribution in [1.29, 1.82) is 0 Å². The number of hydrogen-bond donors (Lipinski definition) is 1. The largest absolute Gasteiger partial charge is 0.469 e. The van der Waals surface area contributed by atoms with Crippen LogP contribution in [0.25, 0.3) is 0 Å². The Labute approximate surface area is 114 Å². The maximum atomic E-state index is 12.0. The first-order valence-electron chi connectivity index (χ1n) is 6.20. The molecule has 1 N–H and O–H groups in total. The van der Waals surface area contributed by atoms with Gasteiger partial charge in [-0.05, 0) is 0 Å². The lowest BCUT2D eigenvalue weighted by molar-refractivity contribution is -0.141. The Morgan fingerprint density at radius 1 is 1.20 bits per heavy atom. The SMILES string of the molecule is COC(=O)CCN1CCN(C(=O)NCC(F)(F)F)CC1. The molecule has 9 heteroatoms. The number of methoxy groups -OCH3 is 1. The molecule has 0 aromatic carbocycles. The number of piperazine rings is 1. The van der Waals surface area contributed by atoms with Crippen molar-refractivity contribution in [2.75, 3.05) is 46.4 Å². The van der Waals surface area contributed by atoms with E-state index in [1.165, 1.54) is 12.0 Å². The lowest BCUT2D eigenvalue weighted by Gasteiger charge is -2.34. The van der Waals surface area contributed by atoms with Crippen molar-refractivity contribution in [3.8, 4) is 0 Å². The third kappa shape index (κ3) is 6.09. The zero-order chi connectivity index (χ0) is 15.2. The van der Waals surface area contributed by atoms with E-state index in [0.717, 1.165) is 0 Å². The van der Waals surface area contributed by atoms with Crippen molar-refractivity contribution < 1.29 is 27.5 Å². The Kier molecular flexibility index (Phi) is 6.05. The summed E-state index contributed by atoms with van der Waals surface area (Å²) in [6.45, 7) is 0.918. The number of ether oxygens (including phenoxy) is 1. The third-order valence-corrected chi connectivity index (χ3v) is 2.96. The number of nitrogens with one attached hydrogen (secondary N) is 1. The van der Waals surface area contributed by atoms with Crippen LogP contribution in [0.3, 0.4) is 0 Å². The van der Waals surface area contributed by atoms with Gasteiger partial charge in [0.2, 0.25) is 0 Å². The molecule has 0 radical (unpaired) electrons. The van der Waals surface area contributed by atoms with Gasteiger partial charge in [0, 0.05) is 32.7 Å². The van der Waals surface area contributed by atoms with Gasteiger partial charge >= 0.3 is 18.2 Å². The summed E-state index contributed by atoms with van der Waals surface area (Å²) in [6.07, 6.45) is -4.14. The Hall–Kier alpha value is -1.51. The molecule has 1 heterocycles. The number of carbonyl (C=O) groups is 2. The van der Waals surface area contributed by atoms with Gasteiger partial charge in [0.15, 0.2) is 0 Å². The summed E-state index contributed by atoms with van der Waals surface area (Å²) in [4.78, 5) is 25.8. The van der Waals surface area contributed by atoms with E-state index in [2.05, 4.69) is 4.74 Å². The van der Waals surface area contributed by atoms with Gasteiger partial charge in [0.1, 0.15) is 6.54 Å². The first-order valence-corrected chi connectivity index (χ1v) is 6.20. The van der Waals surface area contributed by atoms with Gasteiger partial charge in [-0.2, -0.15) is 13.2 Å². The molecule has 0 spiro atoms. The highest BCUT2D eigenvalue weighted by Crippen LogP contribution is 2.12. The first-order chi connectivity index (χ1) is 9.31. The fraction of sp³-hybridized carbons (Fsp3) is 0.818. The highest BCUT2D eigenvalue weighted by Gasteiger charge is 2.29. The smallest absolute Gasteiger partial charge is 0.405 e. The van der Waals surface area contributed by atoms with E-state index in [9.17, 15) is 22.8 Å². The van der Waals surface area contributed by atoms with E-state index in [0.29, 0.717) is 32.7 Å². The van der Waals surface area contributed by atoms with Crippen LogP contribution in [0.4, 0.5) is 18.0 Å². The van der Waals surface area contributed by atoms with Gasteiger partial charge in [0.25, 0.3) is 0 Å². The van der Waals surface area contributed by atoms with Gasteiger partial charge in [0.05, 0.1) is 13.5 Å². The summed E-state index contributed by atoms with van der Waals surface area (Å²) in [7, 11) is 1.31. The van der Waals surface area contributed by atoms with Crippen LogP contribution in [0, 0.1) is 0 Å². The Morgan fingerprint density at radius 2 is 1.80 bits per heavy atom. The third-order valence-electron chi connectivity index (χ3n) is 2.96. The summed E-state index contributed by atoms with van der Waals surface area (Å²) >= 11 is 0. The molecular formula is C11H18F3N3O3. The van der Waals surface area contributed by atoms with Crippen molar-refractivity contribution in [2.45, 2.75) is 12.6 Å². The van der Waals surface area contributed by atoms with Crippen molar-refractivity contribution in [1.82, 2.24) is 15.1 Å². The lowest BCUT2D eigenvalue weighted by atomic mass is 10.3. The monoisotopic (exact) mass is 297 g/mol. The molecule has 6 nitrogen and oxygen atoms in total. The van der Waals surface area contributed by atoms with Crippen LogP contribution in [-0.2, 0) is 9.53 Å². The number of nitrogens with zero attached hydrogens (tertiary/aromatic N) is 2. The summed E-state index contributed by atoms with van der Waals surface area (Å²) in [5.41, 5.74) is 0. The van der Waals surface area contributed by atoms with Crippen LogP contribution in [0.15, 0.2) is 0 Å². The molecule has 0 bridgehead atoms. The van der Waals surface area contributed by atoms with Crippen LogP contribution < -0.4 is 5.32 Å². The van der Waals surface area contributed by atoms with Crippen LogP contribution in [0.5, 0.6) is 0 Å². The number of alkyl halides is 3. The maximum absolute atomic E-state index is 12.0. The summed E-state index contributed by atoms with van der Waals surface area (Å²) in [6, 6.07) is -0.713. The molecule has 0 aliphatic carbocycles. The van der Waals surface area contributed by atoms with Crippen molar-refractivity contribution >= 4 is 12.0 Å². The summed E-state index contributed by atoms with van der Waals surface area (Å²) in [5, 5.41) is 1.84. The van der Waals surface area contributed by atoms with E-state index < -0.39 is 18.8 Å². The van der Waals surface area contributed by atoms with Gasteiger partial charge in [-0.25, -0.2) is 4.79 Å². The summed E-state index contributed by atoms with van der Waals surface area (Å²) < 4.78 is 40.4. The van der Waals surface area contributed by atoms with Crippen molar-refractivity contribution in [2.24, 2.45) is 0 Å². The molecular weight excluding hydrogens is 279 g/mol. The van der Waals surface area contributed by atoms with Crippen LogP contribution in [0.2, 0.25) is 0 Å². The number of rotatable bonds is 4. The van der Waals surface area contributed by atoms with E-state index in [4.69, 9.17) is 0 Å². The fourth-order valence-electron chi connectivity index (χ4n) is 1.81. The Balaban J connectivity index is 2.24. The zero-order valence-corrected chi connectivity index (χ0v) is 11.2. The second kappa shape index (κ2) is 7.32. The Bertz CT molecular complexity index is 342. The second-order valence-electron chi connectivity index (χ2n) is 4.43. The van der Waals surface area contributed by atoms with Gasteiger partial charge < -0.3 is 15.0 Å².